The second-order valence-electron chi connectivity index (χ2n) is 7.55. The van der Waals surface area contributed by atoms with Crippen LogP contribution in [-0.4, -0.2) is 79.5 Å². The molecule has 2 heterocycles. The quantitative estimate of drug-likeness (QED) is 0.633. The van der Waals surface area contributed by atoms with E-state index in [9.17, 15) is 18.0 Å². The number of benzene rings is 1. The summed E-state index contributed by atoms with van der Waals surface area (Å²) in [6.07, 6.45) is 2.59. The van der Waals surface area contributed by atoms with Crippen LogP contribution in [0.4, 0.5) is 4.79 Å². The number of hydrogen-bond acceptors (Lipinski definition) is 5. The van der Waals surface area contributed by atoms with Crippen molar-refractivity contribution in [1.82, 2.24) is 14.1 Å². The molecule has 2 aliphatic heterocycles. The lowest BCUT2D eigenvalue weighted by Crippen LogP contribution is -2.50. The first kappa shape index (κ1) is 22.0. The first-order valence-corrected chi connectivity index (χ1v) is 12.2. The zero-order valence-corrected chi connectivity index (χ0v) is 19.0. The average molecular weight is 488 g/mol. The molecule has 2 saturated heterocycles. The number of carbonyl (C=O) groups is 2. The minimum absolute atomic E-state index is 0.144. The van der Waals surface area contributed by atoms with Gasteiger partial charge in [0, 0.05) is 37.2 Å². The fourth-order valence-corrected chi connectivity index (χ4v) is 4.94. The lowest BCUT2D eigenvalue weighted by Gasteiger charge is -2.31. The molecular weight excluding hydrogens is 462 g/mol. The van der Waals surface area contributed by atoms with Crippen molar-refractivity contribution in [3.63, 3.8) is 0 Å². The Labute approximate surface area is 180 Å². The van der Waals surface area contributed by atoms with Crippen LogP contribution in [0.3, 0.4) is 0 Å². The van der Waals surface area contributed by atoms with Crippen molar-refractivity contribution in [2.45, 2.75) is 38.0 Å². The molecule has 2 amide bonds. The van der Waals surface area contributed by atoms with Crippen LogP contribution < -0.4 is 0 Å². The van der Waals surface area contributed by atoms with E-state index < -0.39 is 22.2 Å². The lowest BCUT2D eigenvalue weighted by atomic mass is 10.1. The Hall–Kier alpha value is -1.65. The monoisotopic (exact) mass is 487 g/mol. The van der Waals surface area contributed by atoms with Crippen LogP contribution in [-0.2, 0) is 26.2 Å². The number of hydrogen-bond donors (Lipinski definition) is 0. The predicted molar refractivity (Wildman–Crippen MR) is 112 cm³/mol. The average Bonchev–Trinajstić information content (AvgIpc) is 3.35. The molecule has 3 rings (SSSR count). The van der Waals surface area contributed by atoms with Crippen LogP contribution in [0.5, 0.6) is 0 Å². The lowest BCUT2D eigenvalue weighted by molar-refractivity contribution is -0.136. The number of likely N-dealkylation sites (tertiary alicyclic amines) is 1. The summed E-state index contributed by atoms with van der Waals surface area (Å²) in [4.78, 5) is 28.7. The normalized spacial score (nSPS) is 22.7. The molecule has 0 aromatic heterocycles. The number of nitrogens with zero attached hydrogens (tertiary/aromatic N) is 3. The Balaban J connectivity index is 1.58. The Kier molecular flexibility index (Phi) is 6.85. The summed E-state index contributed by atoms with van der Waals surface area (Å²) < 4.78 is 31.2. The fourth-order valence-electron chi connectivity index (χ4n) is 3.79. The molecule has 0 aliphatic carbocycles. The molecule has 0 bridgehead atoms. The number of halogens is 1. The van der Waals surface area contributed by atoms with E-state index in [1.807, 2.05) is 24.3 Å². The van der Waals surface area contributed by atoms with Crippen molar-refractivity contribution >= 4 is 38.0 Å². The smallest absolute Gasteiger partial charge is 0.410 e. The molecule has 2 fully saturated rings. The highest BCUT2D eigenvalue weighted by Gasteiger charge is 2.40. The van der Waals surface area contributed by atoms with Crippen molar-refractivity contribution in [2.24, 2.45) is 0 Å². The molecule has 10 heteroatoms. The molecule has 0 spiro atoms. The van der Waals surface area contributed by atoms with Crippen LogP contribution in [0.25, 0.3) is 0 Å². The van der Waals surface area contributed by atoms with Gasteiger partial charge in [0.15, 0.2) is 0 Å². The summed E-state index contributed by atoms with van der Waals surface area (Å²) in [5, 5.41) is 0. The van der Waals surface area contributed by atoms with Crippen LogP contribution in [0.1, 0.15) is 24.8 Å². The molecule has 1 unspecified atom stereocenters. The van der Waals surface area contributed by atoms with E-state index in [-0.39, 0.29) is 18.6 Å². The van der Waals surface area contributed by atoms with Crippen LogP contribution in [0, 0.1) is 0 Å². The maximum atomic E-state index is 13.0. The first-order valence-electron chi connectivity index (χ1n) is 9.56. The minimum Gasteiger partial charge on any atom is -0.445 e. The van der Waals surface area contributed by atoms with E-state index in [1.165, 1.54) is 15.5 Å². The summed E-state index contributed by atoms with van der Waals surface area (Å²) in [5.74, 6) is -0.163. The summed E-state index contributed by atoms with van der Waals surface area (Å²) in [6, 6.07) is 6.74. The third-order valence-electron chi connectivity index (χ3n) is 5.54. The fraction of sp³-hybridized carbons (Fsp3) is 0.579. The highest BCUT2D eigenvalue weighted by atomic mass is 79.9. The maximum absolute atomic E-state index is 13.0. The zero-order chi connectivity index (χ0) is 21.2. The van der Waals surface area contributed by atoms with Crippen molar-refractivity contribution in [1.29, 1.82) is 0 Å². The van der Waals surface area contributed by atoms with Gasteiger partial charge in [0.25, 0.3) is 0 Å². The van der Waals surface area contributed by atoms with Gasteiger partial charge in [0.05, 0.1) is 6.26 Å². The highest BCUT2D eigenvalue weighted by molar-refractivity contribution is 9.10. The Morgan fingerprint density at radius 1 is 1.21 bits per heavy atom. The van der Waals surface area contributed by atoms with Crippen molar-refractivity contribution in [3.8, 4) is 0 Å². The van der Waals surface area contributed by atoms with Crippen LogP contribution in [0.2, 0.25) is 0 Å². The molecule has 1 aromatic carbocycles. The Bertz CT molecular complexity index is 861. The van der Waals surface area contributed by atoms with Gasteiger partial charge in [0.2, 0.25) is 15.9 Å². The third kappa shape index (κ3) is 5.29. The zero-order valence-electron chi connectivity index (χ0n) is 16.6. The molecular formula is C19H26BrN3O5S. The van der Waals surface area contributed by atoms with E-state index in [2.05, 4.69) is 15.9 Å². The highest BCUT2D eigenvalue weighted by Crippen LogP contribution is 2.24. The number of ether oxygens (including phenoxy) is 1. The van der Waals surface area contributed by atoms with Gasteiger partial charge in [-0.3, -0.25) is 9.69 Å². The number of likely N-dealkylation sites (N-methyl/N-ethyl adjacent to an activating group) is 1. The first-order chi connectivity index (χ1) is 13.7. The number of carbonyl (C=O) groups excluding carboxylic acids is 2. The molecule has 1 aromatic rings. The minimum atomic E-state index is -3.27. The summed E-state index contributed by atoms with van der Waals surface area (Å²) in [5.41, 5.74) is 0.868. The number of rotatable bonds is 5. The topological polar surface area (TPSA) is 87.2 Å². The standard InChI is InChI=1S/C19H26BrN3O5S/c1-21(16-9-11-22(12-16)29(2,26)27)18(24)17-4-3-10-23(17)19(25)28-13-14-5-7-15(20)8-6-14/h5-8,16-17H,3-4,9-13H2,1-2H3/t16?,17-/m0/s1. The van der Waals surface area contributed by atoms with Crippen molar-refractivity contribution in [2.75, 3.05) is 32.9 Å². The van der Waals surface area contributed by atoms with Gasteiger partial charge < -0.3 is 9.64 Å². The maximum Gasteiger partial charge on any atom is 0.410 e. The predicted octanol–water partition coefficient (Wildman–Crippen LogP) is 2.04. The van der Waals surface area contributed by atoms with Gasteiger partial charge >= 0.3 is 6.09 Å². The molecule has 8 nitrogen and oxygen atoms in total. The second kappa shape index (κ2) is 9.01. The van der Waals surface area contributed by atoms with E-state index in [0.717, 1.165) is 16.5 Å². The van der Waals surface area contributed by atoms with Crippen molar-refractivity contribution in [3.05, 3.63) is 34.3 Å². The summed E-state index contributed by atoms with van der Waals surface area (Å²) in [6.45, 7) is 1.32. The Morgan fingerprint density at radius 2 is 1.90 bits per heavy atom. The number of amides is 2. The van der Waals surface area contributed by atoms with Gasteiger partial charge in [0.1, 0.15) is 12.6 Å². The van der Waals surface area contributed by atoms with Gasteiger partial charge in [-0.05, 0) is 37.0 Å². The van der Waals surface area contributed by atoms with Gasteiger partial charge in [-0.2, -0.15) is 0 Å². The molecule has 2 aliphatic rings. The Morgan fingerprint density at radius 3 is 2.52 bits per heavy atom. The van der Waals surface area contributed by atoms with Gasteiger partial charge in [-0.25, -0.2) is 17.5 Å². The third-order valence-corrected chi connectivity index (χ3v) is 7.34. The molecule has 0 N–H and O–H groups in total. The van der Waals surface area contributed by atoms with E-state index in [0.29, 0.717) is 32.5 Å². The van der Waals surface area contributed by atoms with E-state index >= 15 is 0 Å². The van der Waals surface area contributed by atoms with Gasteiger partial charge in [-0.1, -0.05) is 28.1 Å². The van der Waals surface area contributed by atoms with E-state index in [1.54, 1.807) is 11.9 Å². The summed E-state index contributed by atoms with van der Waals surface area (Å²) in [7, 11) is -1.58. The molecule has 0 radical (unpaired) electrons. The molecule has 2 atom stereocenters. The SMILES string of the molecule is CN(C(=O)[C@@H]1CCCN1C(=O)OCc1ccc(Br)cc1)C1CCN(S(C)(=O)=O)C1. The molecule has 160 valence electrons. The second-order valence-corrected chi connectivity index (χ2v) is 10.4. The van der Waals surface area contributed by atoms with E-state index in [4.69, 9.17) is 4.74 Å². The van der Waals surface area contributed by atoms with Crippen LogP contribution in [0.15, 0.2) is 28.7 Å². The molecule has 0 saturated carbocycles. The van der Waals surface area contributed by atoms with Crippen molar-refractivity contribution < 1.29 is 22.7 Å². The summed E-state index contributed by atoms with van der Waals surface area (Å²) >= 11 is 3.36. The van der Waals surface area contributed by atoms with Gasteiger partial charge in [-0.15, -0.1) is 0 Å². The largest absolute Gasteiger partial charge is 0.445 e. The molecule has 29 heavy (non-hydrogen) atoms. The number of sulfonamides is 1. The van der Waals surface area contributed by atoms with Crippen LogP contribution >= 0.6 is 15.9 Å².